The van der Waals surface area contributed by atoms with Crippen LogP contribution in [0.15, 0.2) is 0 Å². The van der Waals surface area contributed by atoms with Crippen LogP contribution in [0.1, 0.15) is 19.8 Å². The molecule has 0 saturated heterocycles. The first-order valence-electron chi connectivity index (χ1n) is 5.18. The number of nitrogens with zero attached hydrogens (tertiary/aromatic N) is 1. The normalized spacial score (nSPS) is 21.9. The Hall–Kier alpha value is -0.120. The summed E-state index contributed by atoms with van der Waals surface area (Å²) in [6.45, 7) is 5.13. The first kappa shape index (κ1) is 11.0. The molecule has 1 fully saturated rings. The highest BCUT2D eigenvalue weighted by atomic mass is 15.1. The van der Waals surface area contributed by atoms with E-state index < -0.39 is 0 Å². The Labute approximate surface area is 81.7 Å². The average molecular weight is 185 g/mol. The van der Waals surface area contributed by atoms with E-state index in [9.17, 15) is 0 Å². The Balaban J connectivity index is 2.23. The standard InChI is InChI=1S/C10H23N3/c1-10(8-11,9-4-5-9)12-6-7-13(2)3/h9,12H,4-8,11H2,1-3H3. The van der Waals surface area contributed by atoms with Crippen LogP contribution >= 0.6 is 0 Å². The van der Waals surface area contributed by atoms with Gasteiger partial charge in [0.05, 0.1) is 0 Å². The number of rotatable bonds is 6. The van der Waals surface area contributed by atoms with Crippen LogP contribution in [-0.2, 0) is 0 Å². The molecule has 0 amide bonds. The van der Waals surface area contributed by atoms with Crippen molar-refractivity contribution in [2.75, 3.05) is 33.7 Å². The Morgan fingerprint density at radius 1 is 1.46 bits per heavy atom. The molecule has 1 unspecified atom stereocenters. The van der Waals surface area contributed by atoms with E-state index in [-0.39, 0.29) is 5.54 Å². The minimum Gasteiger partial charge on any atom is -0.329 e. The van der Waals surface area contributed by atoms with E-state index >= 15 is 0 Å². The van der Waals surface area contributed by atoms with Crippen LogP contribution in [0.4, 0.5) is 0 Å². The quantitative estimate of drug-likeness (QED) is 0.624. The van der Waals surface area contributed by atoms with Crippen LogP contribution < -0.4 is 11.1 Å². The summed E-state index contributed by atoms with van der Waals surface area (Å²) >= 11 is 0. The highest BCUT2D eigenvalue weighted by Gasteiger charge is 2.39. The summed E-state index contributed by atoms with van der Waals surface area (Å²) in [4.78, 5) is 2.19. The number of nitrogens with one attached hydrogen (secondary N) is 1. The molecule has 0 aromatic heterocycles. The van der Waals surface area contributed by atoms with Crippen molar-refractivity contribution < 1.29 is 0 Å². The third-order valence-electron chi connectivity index (χ3n) is 2.99. The number of likely N-dealkylation sites (N-methyl/N-ethyl adjacent to an activating group) is 1. The lowest BCUT2D eigenvalue weighted by Gasteiger charge is -2.30. The minimum atomic E-state index is 0.190. The summed E-state index contributed by atoms with van der Waals surface area (Å²) in [7, 11) is 4.19. The molecule has 1 aliphatic rings. The van der Waals surface area contributed by atoms with E-state index in [1.807, 2.05) is 0 Å². The van der Waals surface area contributed by atoms with Crippen LogP contribution in [0.3, 0.4) is 0 Å². The molecule has 1 aliphatic carbocycles. The van der Waals surface area contributed by atoms with E-state index in [0.717, 1.165) is 25.6 Å². The molecule has 0 spiro atoms. The molecule has 0 aromatic carbocycles. The molecule has 78 valence electrons. The summed E-state index contributed by atoms with van der Waals surface area (Å²) in [5.74, 6) is 0.819. The first-order valence-corrected chi connectivity index (χ1v) is 5.18. The van der Waals surface area contributed by atoms with Gasteiger partial charge in [0.15, 0.2) is 0 Å². The second kappa shape index (κ2) is 4.40. The van der Waals surface area contributed by atoms with Gasteiger partial charge in [0.2, 0.25) is 0 Å². The summed E-state index contributed by atoms with van der Waals surface area (Å²) in [6.07, 6.45) is 2.70. The van der Waals surface area contributed by atoms with E-state index in [2.05, 4.69) is 31.2 Å². The molecular weight excluding hydrogens is 162 g/mol. The van der Waals surface area contributed by atoms with Crippen molar-refractivity contribution >= 4 is 0 Å². The molecule has 3 heteroatoms. The largest absolute Gasteiger partial charge is 0.329 e. The maximum absolute atomic E-state index is 5.79. The molecule has 0 aliphatic heterocycles. The van der Waals surface area contributed by atoms with Gasteiger partial charge in [-0.2, -0.15) is 0 Å². The van der Waals surface area contributed by atoms with Gasteiger partial charge in [-0.15, -0.1) is 0 Å². The van der Waals surface area contributed by atoms with Gasteiger partial charge in [0, 0.05) is 25.2 Å². The summed E-state index contributed by atoms with van der Waals surface area (Å²) < 4.78 is 0. The zero-order chi connectivity index (χ0) is 9.90. The Morgan fingerprint density at radius 2 is 2.08 bits per heavy atom. The molecule has 0 radical (unpaired) electrons. The SMILES string of the molecule is CN(C)CCNC(C)(CN)C1CC1. The zero-order valence-electron chi connectivity index (χ0n) is 9.14. The van der Waals surface area contributed by atoms with Crippen molar-refractivity contribution in [2.45, 2.75) is 25.3 Å². The third kappa shape index (κ3) is 3.25. The fourth-order valence-corrected chi connectivity index (χ4v) is 1.67. The third-order valence-corrected chi connectivity index (χ3v) is 2.99. The molecule has 0 bridgehead atoms. The Morgan fingerprint density at radius 3 is 2.46 bits per heavy atom. The van der Waals surface area contributed by atoms with Crippen LogP contribution in [-0.4, -0.2) is 44.2 Å². The fraction of sp³-hybridized carbons (Fsp3) is 1.00. The number of hydrogen-bond donors (Lipinski definition) is 2. The summed E-state index contributed by atoms with van der Waals surface area (Å²) in [6, 6.07) is 0. The highest BCUT2D eigenvalue weighted by Crippen LogP contribution is 2.38. The number of nitrogens with two attached hydrogens (primary N) is 1. The van der Waals surface area contributed by atoms with Gasteiger partial charge in [-0.05, 0) is 39.8 Å². The van der Waals surface area contributed by atoms with Crippen molar-refractivity contribution in [1.82, 2.24) is 10.2 Å². The van der Waals surface area contributed by atoms with Crippen LogP contribution in [0.25, 0.3) is 0 Å². The van der Waals surface area contributed by atoms with Gasteiger partial charge in [-0.25, -0.2) is 0 Å². The van der Waals surface area contributed by atoms with Crippen molar-refractivity contribution in [3.63, 3.8) is 0 Å². The lowest BCUT2D eigenvalue weighted by atomic mass is 9.96. The molecule has 1 rings (SSSR count). The van der Waals surface area contributed by atoms with Gasteiger partial charge in [0.25, 0.3) is 0 Å². The minimum absolute atomic E-state index is 0.190. The molecule has 13 heavy (non-hydrogen) atoms. The maximum atomic E-state index is 5.79. The van der Waals surface area contributed by atoms with Crippen molar-refractivity contribution in [3.8, 4) is 0 Å². The van der Waals surface area contributed by atoms with Crippen molar-refractivity contribution in [3.05, 3.63) is 0 Å². The summed E-state index contributed by atoms with van der Waals surface area (Å²) in [5, 5.41) is 3.57. The second-order valence-corrected chi connectivity index (χ2v) is 4.63. The van der Waals surface area contributed by atoms with E-state index in [0.29, 0.717) is 0 Å². The van der Waals surface area contributed by atoms with Gasteiger partial charge < -0.3 is 16.0 Å². The van der Waals surface area contributed by atoms with Crippen LogP contribution in [0.2, 0.25) is 0 Å². The lowest BCUT2D eigenvalue weighted by Crippen LogP contribution is -2.52. The van der Waals surface area contributed by atoms with Crippen molar-refractivity contribution in [1.29, 1.82) is 0 Å². The first-order chi connectivity index (χ1) is 6.08. The van der Waals surface area contributed by atoms with Gasteiger partial charge in [0.1, 0.15) is 0 Å². The molecule has 1 saturated carbocycles. The summed E-state index contributed by atoms with van der Waals surface area (Å²) in [5.41, 5.74) is 5.98. The van der Waals surface area contributed by atoms with Crippen molar-refractivity contribution in [2.24, 2.45) is 11.7 Å². The topological polar surface area (TPSA) is 41.3 Å². The Kier molecular flexibility index (Phi) is 3.71. The predicted octanol–water partition coefficient (Wildman–Crippen LogP) is 0.265. The van der Waals surface area contributed by atoms with Crippen LogP contribution in [0.5, 0.6) is 0 Å². The fourth-order valence-electron chi connectivity index (χ4n) is 1.67. The molecule has 3 N–H and O–H groups in total. The average Bonchev–Trinajstić information content (AvgIpc) is 2.85. The zero-order valence-corrected chi connectivity index (χ0v) is 9.14. The molecule has 0 heterocycles. The highest BCUT2D eigenvalue weighted by molar-refractivity contribution is 4.98. The van der Waals surface area contributed by atoms with E-state index in [1.165, 1.54) is 12.8 Å². The maximum Gasteiger partial charge on any atom is 0.0304 e. The smallest absolute Gasteiger partial charge is 0.0304 e. The second-order valence-electron chi connectivity index (χ2n) is 4.63. The molecule has 0 aromatic rings. The predicted molar refractivity (Wildman–Crippen MR) is 56.7 cm³/mol. The lowest BCUT2D eigenvalue weighted by molar-refractivity contribution is 0.295. The van der Waals surface area contributed by atoms with Gasteiger partial charge in [-0.1, -0.05) is 0 Å². The number of hydrogen-bond acceptors (Lipinski definition) is 3. The van der Waals surface area contributed by atoms with E-state index in [1.54, 1.807) is 0 Å². The van der Waals surface area contributed by atoms with Crippen LogP contribution in [0, 0.1) is 5.92 Å². The molecular formula is C10H23N3. The Bertz CT molecular complexity index is 154. The van der Waals surface area contributed by atoms with Gasteiger partial charge in [-0.3, -0.25) is 0 Å². The molecule has 1 atom stereocenters. The molecule has 3 nitrogen and oxygen atoms in total. The van der Waals surface area contributed by atoms with Gasteiger partial charge >= 0.3 is 0 Å². The monoisotopic (exact) mass is 185 g/mol. The van der Waals surface area contributed by atoms with E-state index in [4.69, 9.17) is 5.73 Å².